The Morgan fingerprint density at radius 2 is 2.50 bits per heavy atom. The fourth-order valence-corrected chi connectivity index (χ4v) is 1.18. The lowest BCUT2D eigenvalue weighted by molar-refractivity contribution is 0.0510. The highest BCUT2D eigenvalue weighted by Gasteiger charge is 2.14. The van der Waals surface area contributed by atoms with Gasteiger partial charge in [-0.2, -0.15) is 0 Å². The van der Waals surface area contributed by atoms with E-state index in [2.05, 4.69) is 12.8 Å². The minimum absolute atomic E-state index is 0.166. The first-order valence-electron chi connectivity index (χ1n) is 2.48. The van der Waals surface area contributed by atoms with Crippen LogP contribution >= 0.6 is 24.4 Å². The molecule has 1 heterocycles. The van der Waals surface area contributed by atoms with Crippen LogP contribution in [0.25, 0.3) is 0 Å². The number of hydrogen-bond acceptors (Lipinski definition) is 3. The van der Waals surface area contributed by atoms with Gasteiger partial charge in [0.25, 0.3) is 0 Å². The molecule has 1 aliphatic heterocycles. The van der Waals surface area contributed by atoms with Gasteiger partial charge in [0.05, 0.1) is 6.61 Å². The lowest BCUT2D eigenvalue weighted by atomic mass is 10.5. The number of rotatable bonds is 0. The molecule has 1 atom stereocenters. The Morgan fingerprint density at radius 1 is 1.75 bits per heavy atom. The molecule has 0 bridgehead atoms. The highest BCUT2D eigenvalue weighted by atomic mass is 35.5. The average Bonchev–Trinajstić information content (AvgIpc) is 1.64. The topological polar surface area (TPSA) is 12.5 Å². The van der Waals surface area contributed by atoms with Crippen molar-refractivity contribution in [1.82, 2.24) is 4.31 Å². The lowest BCUT2D eigenvalue weighted by Crippen LogP contribution is -2.33. The van der Waals surface area contributed by atoms with Crippen molar-refractivity contribution in [3.05, 3.63) is 0 Å². The van der Waals surface area contributed by atoms with Crippen LogP contribution in [0.3, 0.4) is 0 Å². The highest BCUT2D eigenvalue weighted by Crippen LogP contribution is 2.08. The zero-order valence-corrected chi connectivity index (χ0v) is 6.03. The summed E-state index contributed by atoms with van der Waals surface area (Å²) < 4.78 is 6.87. The van der Waals surface area contributed by atoms with Crippen molar-refractivity contribution >= 4 is 24.4 Å². The second-order valence-electron chi connectivity index (χ2n) is 1.69. The minimum Gasteiger partial charge on any atom is -0.360 e. The molecule has 0 aliphatic carbocycles. The third-order valence-electron chi connectivity index (χ3n) is 1.00. The van der Waals surface area contributed by atoms with Crippen LogP contribution in [-0.4, -0.2) is 29.6 Å². The summed E-state index contributed by atoms with van der Waals surface area (Å²) in [4.78, 5) is 0. The Kier molecular flexibility index (Phi) is 2.43. The number of nitrogens with zero attached hydrogens (tertiary/aromatic N) is 1. The monoisotopic (exact) mass is 153 g/mol. The fourth-order valence-electron chi connectivity index (χ4n) is 0.596. The van der Waals surface area contributed by atoms with Crippen molar-refractivity contribution in [2.75, 3.05) is 19.7 Å². The van der Waals surface area contributed by atoms with E-state index in [9.17, 15) is 0 Å². The SMILES string of the molecule is SN1CCOC(Cl)C1. The maximum atomic E-state index is 5.60. The first-order chi connectivity index (χ1) is 3.79. The van der Waals surface area contributed by atoms with E-state index in [0.29, 0.717) is 13.2 Å². The Hall–Kier alpha value is 0.560. The molecule has 0 saturated carbocycles. The van der Waals surface area contributed by atoms with E-state index in [-0.39, 0.29) is 5.56 Å². The van der Waals surface area contributed by atoms with Crippen LogP contribution in [0.1, 0.15) is 0 Å². The number of hydrogen-bond donors (Lipinski definition) is 1. The molecule has 1 aliphatic rings. The van der Waals surface area contributed by atoms with Crippen molar-refractivity contribution in [3.63, 3.8) is 0 Å². The molecule has 4 heteroatoms. The second kappa shape index (κ2) is 2.92. The van der Waals surface area contributed by atoms with E-state index in [1.807, 2.05) is 4.31 Å². The summed E-state index contributed by atoms with van der Waals surface area (Å²) in [6.07, 6.45) is 0. The molecule has 0 spiro atoms. The molecular formula is C4H8ClNOS. The highest BCUT2D eigenvalue weighted by molar-refractivity contribution is 7.77. The molecule has 2 nitrogen and oxygen atoms in total. The van der Waals surface area contributed by atoms with E-state index in [4.69, 9.17) is 16.3 Å². The van der Waals surface area contributed by atoms with Gasteiger partial charge in [0.2, 0.25) is 0 Å². The molecule has 0 N–H and O–H groups in total. The summed E-state index contributed by atoms with van der Waals surface area (Å²) >= 11 is 9.69. The fraction of sp³-hybridized carbons (Fsp3) is 1.00. The zero-order chi connectivity index (χ0) is 5.98. The first kappa shape index (κ1) is 6.68. The minimum atomic E-state index is -0.166. The molecule has 1 fully saturated rings. The molecule has 0 aromatic carbocycles. The number of ether oxygens (including phenoxy) is 1. The predicted octanol–water partition coefficient (Wildman–Crippen LogP) is 0.728. The van der Waals surface area contributed by atoms with Crippen molar-refractivity contribution in [2.24, 2.45) is 0 Å². The summed E-state index contributed by atoms with van der Waals surface area (Å²) in [5, 5.41) is 0. The molecular weight excluding hydrogens is 146 g/mol. The summed E-state index contributed by atoms with van der Waals surface area (Å²) in [5.74, 6) is 0. The Bertz CT molecular complexity index is 74.4. The van der Waals surface area contributed by atoms with Gasteiger partial charge in [0, 0.05) is 13.1 Å². The van der Waals surface area contributed by atoms with Gasteiger partial charge in [0.15, 0.2) is 0 Å². The molecule has 0 aromatic heterocycles. The maximum Gasteiger partial charge on any atom is 0.144 e. The lowest BCUT2D eigenvalue weighted by Gasteiger charge is -2.24. The molecule has 1 unspecified atom stereocenters. The Morgan fingerprint density at radius 3 is 2.88 bits per heavy atom. The molecule has 1 rings (SSSR count). The average molecular weight is 154 g/mol. The first-order valence-corrected chi connectivity index (χ1v) is 3.32. The van der Waals surface area contributed by atoms with Gasteiger partial charge in [-0.1, -0.05) is 24.4 Å². The number of morpholine rings is 1. The van der Waals surface area contributed by atoms with Gasteiger partial charge in [-0.3, -0.25) is 0 Å². The zero-order valence-electron chi connectivity index (χ0n) is 4.38. The van der Waals surface area contributed by atoms with Crippen molar-refractivity contribution < 1.29 is 4.74 Å². The molecule has 1 saturated heterocycles. The Balaban J connectivity index is 2.23. The van der Waals surface area contributed by atoms with Crippen LogP contribution in [-0.2, 0) is 4.74 Å². The summed E-state index contributed by atoms with van der Waals surface area (Å²) in [5.41, 5.74) is -0.166. The van der Waals surface area contributed by atoms with Gasteiger partial charge < -0.3 is 4.74 Å². The number of alkyl halides is 1. The smallest absolute Gasteiger partial charge is 0.144 e. The van der Waals surface area contributed by atoms with E-state index < -0.39 is 0 Å². The Labute approximate surface area is 59.3 Å². The van der Waals surface area contributed by atoms with Crippen LogP contribution in [0.15, 0.2) is 0 Å². The molecule has 0 amide bonds. The van der Waals surface area contributed by atoms with Crippen LogP contribution < -0.4 is 0 Å². The second-order valence-corrected chi connectivity index (χ2v) is 2.75. The third kappa shape index (κ3) is 1.82. The van der Waals surface area contributed by atoms with Crippen molar-refractivity contribution in [1.29, 1.82) is 0 Å². The molecule has 0 radical (unpaired) electrons. The number of thiol groups is 1. The quantitative estimate of drug-likeness (QED) is 0.407. The normalized spacial score (nSPS) is 33.0. The van der Waals surface area contributed by atoms with Crippen LogP contribution in [0.5, 0.6) is 0 Å². The van der Waals surface area contributed by atoms with E-state index in [0.717, 1.165) is 6.54 Å². The summed E-state index contributed by atoms with van der Waals surface area (Å²) in [6.45, 7) is 2.27. The van der Waals surface area contributed by atoms with E-state index in [1.54, 1.807) is 0 Å². The van der Waals surface area contributed by atoms with Gasteiger partial charge in [-0.25, -0.2) is 4.31 Å². The van der Waals surface area contributed by atoms with Gasteiger partial charge in [-0.05, 0) is 0 Å². The third-order valence-corrected chi connectivity index (χ3v) is 1.63. The van der Waals surface area contributed by atoms with Crippen molar-refractivity contribution in [2.45, 2.75) is 5.56 Å². The number of halogens is 1. The molecule has 48 valence electrons. The van der Waals surface area contributed by atoms with Gasteiger partial charge in [-0.15, -0.1) is 0 Å². The van der Waals surface area contributed by atoms with Crippen LogP contribution in [0.4, 0.5) is 0 Å². The summed E-state index contributed by atoms with van der Waals surface area (Å²) in [6, 6.07) is 0. The van der Waals surface area contributed by atoms with Gasteiger partial charge in [0.1, 0.15) is 5.56 Å². The van der Waals surface area contributed by atoms with E-state index >= 15 is 0 Å². The van der Waals surface area contributed by atoms with Crippen LogP contribution in [0, 0.1) is 0 Å². The summed E-state index contributed by atoms with van der Waals surface area (Å²) in [7, 11) is 0. The predicted molar refractivity (Wildman–Crippen MR) is 36.2 cm³/mol. The van der Waals surface area contributed by atoms with Crippen LogP contribution in [0.2, 0.25) is 0 Å². The largest absolute Gasteiger partial charge is 0.360 e. The standard InChI is InChI=1S/C4H8ClNOS/c5-4-3-6(8)1-2-7-4/h4,8H,1-3H2. The maximum absolute atomic E-state index is 5.60. The van der Waals surface area contributed by atoms with Crippen molar-refractivity contribution in [3.8, 4) is 0 Å². The molecule has 8 heavy (non-hydrogen) atoms. The van der Waals surface area contributed by atoms with E-state index in [1.165, 1.54) is 0 Å². The molecule has 0 aromatic rings. The van der Waals surface area contributed by atoms with Gasteiger partial charge >= 0.3 is 0 Å².